The summed E-state index contributed by atoms with van der Waals surface area (Å²) in [5.41, 5.74) is 0. The first-order chi connectivity index (χ1) is 40.0. The molecule has 0 spiro atoms. The molecule has 1 amide bonds. The Kier molecular flexibility index (Phi) is 69.9. The van der Waals surface area contributed by atoms with Crippen LogP contribution >= 0.6 is 0 Å². The first kappa shape index (κ1) is 79.6. The van der Waals surface area contributed by atoms with Crippen molar-refractivity contribution in [3.8, 4) is 0 Å². The lowest BCUT2D eigenvalue weighted by Gasteiger charge is -2.22. The molecule has 81 heavy (non-hydrogen) atoms. The lowest BCUT2D eigenvalue weighted by atomic mass is 10.0. The topological polar surface area (TPSA) is 95.9 Å². The van der Waals surface area contributed by atoms with Crippen LogP contribution in [0.1, 0.15) is 431 Å². The number of nitrogens with one attached hydrogen (secondary N) is 1. The Hall–Kier alpha value is -1.40. The molecule has 0 fully saturated rings. The minimum absolute atomic E-state index is 0.0232. The molecular formula is C75H147NO5. The van der Waals surface area contributed by atoms with Crippen molar-refractivity contribution < 1.29 is 24.5 Å². The van der Waals surface area contributed by atoms with Gasteiger partial charge in [-0.25, -0.2) is 0 Å². The first-order valence-electron chi connectivity index (χ1n) is 37.4. The third-order valence-corrected chi connectivity index (χ3v) is 17.8. The molecule has 0 bridgehead atoms. The van der Waals surface area contributed by atoms with E-state index in [1.54, 1.807) is 0 Å². The van der Waals surface area contributed by atoms with Crippen molar-refractivity contribution in [1.29, 1.82) is 0 Å². The van der Waals surface area contributed by atoms with Crippen molar-refractivity contribution >= 4 is 11.9 Å². The predicted octanol–water partition coefficient (Wildman–Crippen LogP) is 24.3. The Morgan fingerprint density at radius 3 is 0.877 bits per heavy atom. The van der Waals surface area contributed by atoms with Crippen LogP contribution in [0.4, 0.5) is 0 Å². The molecule has 0 aromatic rings. The third-order valence-electron chi connectivity index (χ3n) is 17.8. The van der Waals surface area contributed by atoms with Gasteiger partial charge in [-0.3, -0.25) is 9.59 Å². The van der Waals surface area contributed by atoms with Crippen molar-refractivity contribution in [3.63, 3.8) is 0 Å². The number of hydrogen-bond donors (Lipinski definition) is 3. The van der Waals surface area contributed by atoms with E-state index in [2.05, 4.69) is 31.3 Å². The van der Waals surface area contributed by atoms with Gasteiger partial charge in [-0.1, -0.05) is 379 Å². The van der Waals surface area contributed by atoms with E-state index in [1.165, 1.54) is 360 Å². The lowest BCUT2D eigenvalue weighted by molar-refractivity contribution is -0.143. The summed E-state index contributed by atoms with van der Waals surface area (Å²) in [7, 11) is 0. The van der Waals surface area contributed by atoms with Gasteiger partial charge < -0.3 is 20.3 Å². The number of aliphatic hydroxyl groups excluding tert-OH is 2. The van der Waals surface area contributed by atoms with E-state index >= 15 is 0 Å². The molecule has 0 aliphatic carbocycles. The second-order valence-corrected chi connectivity index (χ2v) is 26.0. The highest BCUT2D eigenvalue weighted by Crippen LogP contribution is 2.20. The fourth-order valence-corrected chi connectivity index (χ4v) is 12.1. The number of rotatable bonds is 71. The molecule has 3 N–H and O–H groups in total. The molecule has 0 rings (SSSR count). The van der Waals surface area contributed by atoms with Crippen molar-refractivity contribution in [2.45, 2.75) is 443 Å². The van der Waals surface area contributed by atoms with Crippen LogP contribution in [0.25, 0.3) is 0 Å². The molecule has 6 nitrogen and oxygen atoms in total. The van der Waals surface area contributed by atoms with E-state index in [1.807, 2.05) is 0 Å². The number of esters is 1. The van der Waals surface area contributed by atoms with Crippen LogP contribution in [0.5, 0.6) is 0 Å². The maximum atomic E-state index is 12.5. The lowest BCUT2D eigenvalue weighted by Crippen LogP contribution is -2.45. The van der Waals surface area contributed by atoms with Gasteiger partial charge in [-0.2, -0.15) is 0 Å². The van der Waals surface area contributed by atoms with Gasteiger partial charge in [0, 0.05) is 12.8 Å². The van der Waals surface area contributed by atoms with Gasteiger partial charge in [-0.05, 0) is 51.4 Å². The smallest absolute Gasteiger partial charge is 0.305 e. The Morgan fingerprint density at radius 2 is 0.580 bits per heavy atom. The zero-order valence-corrected chi connectivity index (χ0v) is 55.3. The zero-order valence-electron chi connectivity index (χ0n) is 55.3. The van der Waals surface area contributed by atoms with Crippen molar-refractivity contribution in [1.82, 2.24) is 5.32 Å². The number of amides is 1. The largest absolute Gasteiger partial charge is 0.466 e. The number of ether oxygens (including phenoxy) is 1. The van der Waals surface area contributed by atoms with Gasteiger partial charge in [-0.15, -0.1) is 0 Å². The van der Waals surface area contributed by atoms with Crippen molar-refractivity contribution in [2.75, 3.05) is 13.2 Å². The third kappa shape index (κ3) is 67.6. The SMILES string of the molecule is CCCCCCCCCCCCCCCCCCCCC(=O)OCCCCCCCCCCCCCC/C=C\CCCCCCCCCCCCCCCCCC(=O)NC(CO)C(O)CCCCCCCCCCCCCCCCC. The summed E-state index contributed by atoms with van der Waals surface area (Å²) in [6.45, 7) is 5.00. The molecule has 482 valence electrons. The van der Waals surface area contributed by atoms with Crippen LogP contribution < -0.4 is 5.32 Å². The fraction of sp³-hybridized carbons (Fsp3) is 0.947. The van der Waals surface area contributed by atoms with Crippen LogP contribution in [0.2, 0.25) is 0 Å². The zero-order chi connectivity index (χ0) is 58.5. The van der Waals surface area contributed by atoms with E-state index in [-0.39, 0.29) is 18.5 Å². The number of allylic oxidation sites excluding steroid dienone is 2. The molecule has 0 aromatic carbocycles. The average molecular weight is 1140 g/mol. The van der Waals surface area contributed by atoms with E-state index in [0.717, 1.165) is 38.5 Å². The molecule has 0 radical (unpaired) electrons. The summed E-state index contributed by atoms with van der Waals surface area (Å²) in [6.07, 6.45) is 88.6. The number of carbonyl (C=O) groups excluding carboxylic acids is 2. The molecule has 0 aromatic heterocycles. The molecule has 0 saturated heterocycles. The highest BCUT2D eigenvalue weighted by Gasteiger charge is 2.20. The Balaban J connectivity index is 3.33. The van der Waals surface area contributed by atoms with Gasteiger partial charge in [0.25, 0.3) is 0 Å². The molecule has 0 aliphatic heterocycles. The molecule has 2 atom stereocenters. The quantitative estimate of drug-likeness (QED) is 0.0320. The van der Waals surface area contributed by atoms with Gasteiger partial charge in [0.1, 0.15) is 0 Å². The molecule has 0 heterocycles. The summed E-state index contributed by atoms with van der Waals surface area (Å²) >= 11 is 0. The summed E-state index contributed by atoms with van der Waals surface area (Å²) in [6, 6.07) is -0.539. The van der Waals surface area contributed by atoms with Crippen LogP contribution in [0.3, 0.4) is 0 Å². The number of aliphatic hydroxyl groups is 2. The van der Waals surface area contributed by atoms with E-state index < -0.39 is 12.1 Å². The second kappa shape index (κ2) is 71.1. The van der Waals surface area contributed by atoms with E-state index in [9.17, 15) is 19.8 Å². The number of hydrogen-bond acceptors (Lipinski definition) is 5. The Bertz CT molecular complexity index is 1220. The van der Waals surface area contributed by atoms with E-state index in [4.69, 9.17) is 4.74 Å². The van der Waals surface area contributed by atoms with Gasteiger partial charge in [0.15, 0.2) is 0 Å². The summed E-state index contributed by atoms with van der Waals surface area (Å²) < 4.78 is 5.51. The summed E-state index contributed by atoms with van der Waals surface area (Å²) in [5, 5.41) is 23.3. The number of carbonyl (C=O) groups is 2. The van der Waals surface area contributed by atoms with Crippen LogP contribution in [-0.2, 0) is 14.3 Å². The summed E-state index contributed by atoms with van der Waals surface area (Å²) in [4.78, 5) is 24.6. The molecular weight excluding hydrogens is 995 g/mol. The van der Waals surface area contributed by atoms with Crippen LogP contribution in [0.15, 0.2) is 12.2 Å². The van der Waals surface area contributed by atoms with Crippen LogP contribution in [-0.4, -0.2) is 47.4 Å². The second-order valence-electron chi connectivity index (χ2n) is 26.0. The van der Waals surface area contributed by atoms with Crippen molar-refractivity contribution in [2.24, 2.45) is 0 Å². The van der Waals surface area contributed by atoms with Gasteiger partial charge in [0.2, 0.25) is 5.91 Å². The summed E-state index contributed by atoms with van der Waals surface area (Å²) in [5.74, 6) is -0.00608. The standard InChI is InChI=1S/C75H147NO5/c1-3-5-7-9-11-13-15-17-19-20-37-41-45-49-53-57-61-65-69-75(80)81-70-66-62-58-54-50-46-42-38-35-33-31-29-27-25-23-21-22-24-26-28-30-32-34-36-40-44-48-52-56-60-64-68-74(79)76-72(71-77)73(78)67-63-59-55-51-47-43-39-18-16-14-12-10-8-6-4-2/h23,25,72-73,77-78H,3-22,24,26-71H2,1-2H3,(H,76,79)/b25-23-. The Labute approximate surface area is 508 Å². The predicted molar refractivity (Wildman–Crippen MR) is 357 cm³/mol. The van der Waals surface area contributed by atoms with Crippen LogP contribution in [0, 0.1) is 0 Å². The fourth-order valence-electron chi connectivity index (χ4n) is 12.1. The minimum atomic E-state index is -0.662. The molecule has 0 saturated carbocycles. The highest BCUT2D eigenvalue weighted by molar-refractivity contribution is 5.76. The van der Waals surface area contributed by atoms with Gasteiger partial charge >= 0.3 is 5.97 Å². The normalized spacial score (nSPS) is 12.5. The van der Waals surface area contributed by atoms with E-state index in [0.29, 0.717) is 25.9 Å². The van der Waals surface area contributed by atoms with Crippen molar-refractivity contribution in [3.05, 3.63) is 12.2 Å². The monoisotopic (exact) mass is 1140 g/mol. The Morgan fingerprint density at radius 1 is 0.333 bits per heavy atom. The molecule has 2 unspecified atom stereocenters. The first-order valence-corrected chi connectivity index (χ1v) is 37.4. The number of unbranched alkanes of at least 4 members (excludes halogenated alkanes) is 58. The highest BCUT2D eigenvalue weighted by atomic mass is 16.5. The molecule has 6 heteroatoms. The van der Waals surface area contributed by atoms with Gasteiger partial charge in [0.05, 0.1) is 25.4 Å². The average Bonchev–Trinajstić information content (AvgIpc) is 3.47. The molecule has 0 aliphatic rings. The maximum Gasteiger partial charge on any atom is 0.305 e. The maximum absolute atomic E-state index is 12.5. The minimum Gasteiger partial charge on any atom is -0.466 e.